The molecule has 0 unspecified atom stereocenters. The van der Waals surface area contributed by atoms with E-state index in [1.807, 2.05) is 13.8 Å². The Balaban J connectivity index is 0.000000173. The minimum absolute atomic E-state index is 0.124. The molecule has 0 saturated carbocycles. The predicted octanol–water partition coefficient (Wildman–Crippen LogP) is 16.6. The molecule has 3 amide bonds. The van der Waals surface area contributed by atoms with Gasteiger partial charge in [-0.3, -0.25) is 42.5 Å². The van der Waals surface area contributed by atoms with Crippen molar-refractivity contribution in [3.05, 3.63) is 237 Å². The fraction of sp³-hybridized carbons (Fsp3) is 0.132. The van der Waals surface area contributed by atoms with Crippen LogP contribution in [0, 0.1) is 26.6 Å². The van der Waals surface area contributed by atoms with Gasteiger partial charge < -0.3 is 50.8 Å². The van der Waals surface area contributed by atoms with E-state index in [1.54, 1.807) is 119 Å². The highest BCUT2D eigenvalue weighted by Gasteiger charge is 2.26. The van der Waals surface area contributed by atoms with E-state index in [0.29, 0.717) is 133 Å². The number of carbonyl (C=O) groups is 3. The van der Waals surface area contributed by atoms with E-state index in [-0.39, 0.29) is 66.7 Å². The van der Waals surface area contributed by atoms with Gasteiger partial charge in [-0.2, -0.15) is 15.0 Å². The number of nitrogens with zero attached hydrogens (tertiary/aromatic N) is 9. The monoisotopic (exact) mass is 1580 g/mol. The zero-order valence-corrected chi connectivity index (χ0v) is 63.6. The summed E-state index contributed by atoms with van der Waals surface area (Å²) >= 11 is 39.3. The van der Waals surface area contributed by atoms with Crippen molar-refractivity contribution >= 4 is 172 Å². The maximum absolute atomic E-state index is 13.8. The van der Waals surface area contributed by atoms with Gasteiger partial charge in [0.15, 0.2) is 0 Å². The lowest BCUT2D eigenvalue weighted by Crippen LogP contribution is -2.20. The molecule has 6 aromatic carbocycles. The number of benzene rings is 6. The van der Waals surface area contributed by atoms with Crippen LogP contribution < -0.4 is 67.5 Å². The van der Waals surface area contributed by atoms with Crippen LogP contribution in [0.3, 0.4) is 0 Å². The number of halogens is 7. The van der Waals surface area contributed by atoms with E-state index in [4.69, 9.17) is 88.6 Å². The third-order valence-corrected chi connectivity index (χ3v) is 19.2. The Morgan fingerprint density at radius 3 is 1.06 bits per heavy atom. The topological polar surface area (TPSA) is 304 Å². The number of para-hydroxylation sites is 2. The van der Waals surface area contributed by atoms with Crippen LogP contribution in [0.15, 0.2) is 168 Å². The number of amides is 3. The standard InChI is InChI=1S/C26H23Cl2N5O4.C25H20Cl2FN5O3.C25H21Cl2N5O3/c1-6-20(34)30-18-11-15(36-4)7-8-17(18)31-26-29-12-14-10-16(25(35)33(3)24(14)32-26)21-22(27)13(2)9-19(37-5)23(21)28;1-5-19(34)30-17-10-14(28)6-7-16(17)31-25-29-11-13-9-15(24(35)33(3)23(13)32-25)20-21(26)12(2)8-18(36-4)22(20)27;1-5-19(33)29-16-8-6-7-9-17(16)30-25-28-12-14-11-15(24(34)32(3)23(14)31-25)20-21(26)13(2)10-18(35-4)22(20)27/h6-12H,1H2,2-5H3,(H,30,34)(H,29,31,32);5-11H,1H2,2-4H3,(H,30,34)(H,29,31,32);5-12H,1H2,2-4H3,(H,29,33)(H,28,30,31). The van der Waals surface area contributed by atoms with Crippen LogP contribution in [0.25, 0.3) is 66.5 Å². The third-order valence-electron chi connectivity index (χ3n) is 16.6. The second-order valence-electron chi connectivity index (χ2n) is 23.5. The normalized spacial score (nSPS) is 10.8. The summed E-state index contributed by atoms with van der Waals surface area (Å²) in [5, 5.41) is 20.6. The van der Waals surface area contributed by atoms with E-state index in [1.165, 1.54) is 66.5 Å². The second kappa shape index (κ2) is 33.7. The Morgan fingerprint density at radius 2 is 0.731 bits per heavy atom. The zero-order valence-electron chi connectivity index (χ0n) is 59.1. The summed E-state index contributed by atoms with van der Waals surface area (Å²) in [5.41, 5.74) is 6.74. The predicted molar refractivity (Wildman–Crippen MR) is 427 cm³/mol. The van der Waals surface area contributed by atoms with Gasteiger partial charge in [0.2, 0.25) is 35.6 Å². The highest BCUT2D eigenvalue weighted by molar-refractivity contribution is 6.42. The van der Waals surface area contributed by atoms with E-state index >= 15 is 0 Å². The number of ether oxygens (including phenoxy) is 4. The fourth-order valence-electron chi connectivity index (χ4n) is 11.0. The number of hydrogen-bond donors (Lipinski definition) is 6. The molecule has 6 heterocycles. The van der Waals surface area contributed by atoms with E-state index < -0.39 is 17.6 Å². The average Bonchev–Trinajstić information content (AvgIpc) is 0.766. The first-order valence-electron chi connectivity index (χ1n) is 31.9. The molecule has 0 atom stereocenters. The highest BCUT2D eigenvalue weighted by atomic mass is 35.5. The number of aromatic nitrogens is 9. The summed E-state index contributed by atoms with van der Waals surface area (Å²) in [6.45, 7) is 15.7. The van der Waals surface area contributed by atoms with Crippen LogP contribution in [0.1, 0.15) is 16.7 Å². The van der Waals surface area contributed by atoms with Crippen LogP contribution >= 0.6 is 69.6 Å². The second-order valence-corrected chi connectivity index (χ2v) is 25.8. The number of hydrogen-bond acceptors (Lipinski definition) is 19. The Hall–Kier alpha value is -11.9. The van der Waals surface area contributed by atoms with Gasteiger partial charge in [-0.05, 0) is 135 Å². The van der Waals surface area contributed by atoms with Gasteiger partial charge in [0, 0.05) is 78.6 Å². The van der Waals surface area contributed by atoms with Crippen molar-refractivity contribution in [2.45, 2.75) is 20.8 Å². The molecule has 0 aliphatic carbocycles. The van der Waals surface area contributed by atoms with Gasteiger partial charge in [-0.25, -0.2) is 19.3 Å². The average molecular weight is 1580 g/mol. The quantitative estimate of drug-likeness (QED) is 0.0410. The molecule has 25 nitrogen and oxygen atoms in total. The summed E-state index contributed by atoms with van der Waals surface area (Å²) in [7, 11) is 10.8. The lowest BCUT2D eigenvalue weighted by atomic mass is 10.0. The molecule has 0 aliphatic rings. The number of carbonyl (C=O) groups excluding carboxylic acids is 3. The van der Waals surface area contributed by atoms with Gasteiger partial charge in [0.05, 0.1) is 109 Å². The first-order chi connectivity index (χ1) is 51.6. The molecule has 552 valence electrons. The SMILES string of the molecule is C=CC(=O)Nc1cc(F)ccc1Nc1ncc2cc(-c3c(Cl)c(C)cc(OC)c3Cl)c(=O)n(C)c2n1.C=CC(=O)Nc1cc(OC)ccc1Nc1ncc2cc(-c3c(Cl)c(C)cc(OC)c3Cl)c(=O)n(C)c2n1.C=CC(=O)Nc1ccccc1Nc1ncc2cc(-c3c(Cl)c(C)cc(OC)c3Cl)c(=O)n(C)c2n1. The van der Waals surface area contributed by atoms with E-state index in [2.05, 4.69) is 81.5 Å². The Labute approximate surface area is 645 Å². The number of rotatable bonds is 19. The third kappa shape index (κ3) is 16.5. The first-order valence-corrected chi connectivity index (χ1v) is 34.2. The number of fused-ring (bicyclic) bond motifs is 3. The molecule has 0 fully saturated rings. The Morgan fingerprint density at radius 1 is 0.417 bits per heavy atom. The van der Waals surface area contributed by atoms with Crippen molar-refractivity contribution in [2.75, 3.05) is 60.3 Å². The van der Waals surface area contributed by atoms with Crippen LogP contribution in [-0.2, 0) is 35.5 Å². The fourth-order valence-corrected chi connectivity index (χ4v) is 12.9. The molecule has 6 aromatic heterocycles. The van der Waals surface area contributed by atoms with Crippen molar-refractivity contribution in [1.29, 1.82) is 0 Å². The van der Waals surface area contributed by atoms with E-state index in [0.717, 1.165) is 29.3 Å². The molecule has 108 heavy (non-hydrogen) atoms. The van der Waals surface area contributed by atoms with Crippen LogP contribution in [0.4, 0.5) is 56.4 Å². The summed E-state index contributed by atoms with van der Waals surface area (Å²) in [5.74, 6) is 0.557. The van der Waals surface area contributed by atoms with Crippen molar-refractivity contribution in [3.8, 4) is 56.4 Å². The van der Waals surface area contributed by atoms with Gasteiger partial charge in [0.25, 0.3) is 16.7 Å². The molecule has 0 saturated heterocycles. The largest absolute Gasteiger partial charge is 0.497 e. The molecule has 0 spiro atoms. The Bertz CT molecular complexity index is 5900. The van der Waals surface area contributed by atoms with Gasteiger partial charge in [-0.15, -0.1) is 0 Å². The number of pyridine rings is 3. The molecule has 12 rings (SSSR count). The smallest absolute Gasteiger partial charge is 0.259 e. The minimum atomic E-state index is -0.542. The molecule has 32 heteroatoms. The van der Waals surface area contributed by atoms with Crippen LogP contribution in [0.5, 0.6) is 23.0 Å². The maximum atomic E-state index is 13.8. The Kier molecular flexibility index (Phi) is 24.5. The molecule has 0 bridgehead atoms. The molecule has 0 aliphatic heterocycles. The van der Waals surface area contributed by atoms with Crippen LogP contribution in [0.2, 0.25) is 30.1 Å². The summed E-state index contributed by atoms with van der Waals surface area (Å²) < 4.78 is 39.2. The molecular weight excluding hydrogens is 1510 g/mol. The molecule has 0 radical (unpaired) electrons. The zero-order chi connectivity index (χ0) is 78.3. The first kappa shape index (κ1) is 78.7. The summed E-state index contributed by atoms with van der Waals surface area (Å²) in [4.78, 5) is 102. The summed E-state index contributed by atoms with van der Waals surface area (Å²) in [6, 6.07) is 26.0. The van der Waals surface area contributed by atoms with Gasteiger partial charge >= 0.3 is 0 Å². The molecule has 12 aromatic rings. The number of aryl methyl sites for hydroxylation is 6. The number of methoxy groups -OCH3 is 4. The van der Waals surface area contributed by atoms with Gasteiger partial charge in [-0.1, -0.05) is 101 Å². The van der Waals surface area contributed by atoms with Gasteiger partial charge in [0.1, 0.15) is 45.8 Å². The number of nitrogens with one attached hydrogen (secondary N) is 6. The van der Waals surface area contributed by atoms with E-state index in [9.17, 15) is 33.2 Å². The maximum Gasteiger partial charge on any atom is 0.259 e. The number of anilines is 9. The van der Waals surface area contributed by atoms with Crippen LogP contribution in [-0.4, -0.2) is 89.8 Å². The summed E-state index contributed by atoms with van der Waals surface area (Å²) in [6.07, 6.45) is 8.09. The van der Waals surface area contributed by atoms with Crippen molar-refractivity contribution < 1.29 is 37.7 Å². The molecule has 6 N–H and O–H groups in total. The molecular formula is C76H64Cl6FN15O10. The lowest BCUT2D eigenvalue weighted by Gasteiger charge is -2.16. The van der Waals surface area contributed by atoms with Crippen molar-refractivity contribution in [2.24, 2.45) is 21.1 Å². The lowest BCUT2D eigenvalue weighted by molar-refractivity contribution is -0.112. The minimum Gasteiger partial charge on any atom is -0.497 e. The van der Waals surface area contributed by atoms with Crippen molar-refractivity contribution in [1.82, 2.24) is 43.6 Å². The highest BCUT2D eigenvalue weighted by Crippen LogP contribution is 2.45. The van der Waals surface area contributed by atoms with Crippen molar-refractivity contribution in [3.63, 3.8) is 0 Å².